The number of benzene rings is 1. The van der Waals surface area contributed by atoms with Crippen LogP contribution in [-0.2, 0) is 20.6 Å². The van der Waals surface area contributed by atoms with E-state index in [1.807, 2.05) is 48.6 Å². The zero-order valence-electron chi connectivity index (χ0n) is 16.6. The summed E-state index contributed by atoms with van der Waals surface area (Å²) in [7, 11) is -3.73. The predicted molar refractivity (Wildman–Crippen MR) is 118 cm³/mol. The Morgan fingerprint density at radius 3 is 2.77 bits per heavy atom. The summed E-state index contributed by atoms with van der Waals surface area (Å²) in [6, 6.07) is 8.71. The van der Waals surface area contributed by atoms with Crippen LogP contribution in [0.3, 0.4) is 0 Å². The molecule has 0 spiro atoms. The second-order valence-electron chi connectivity index (χ2n) is 7.47. The molecule has 3 atom stereocenters. The highest BCUT2D eigenvalue weighted by Crippen LogP contribution is 2.40. The van der Waals surface area contributed by atoms with E-state index in [9.17, 15) is 24.2 Å². The molecule has 0 radical (unpaired) electrons. The van der Waals surface area contributed by atoms with Crippen molar-refractivity contribution >= 4 is 31.2 Å². The standard InChI is InChI=1S/C21H27N2O5PS/c24-20(25)14-23-18-11-4-5-12-19(18)30-15-17(21(23)26)22-29(27,28)13-7-6-10-16-8-2-1-3-9-16/h1-5,8-9,12,17-18H,6-7,10-11,13-15H2,(H,24,25)(H2,22,27,28). The number of carboxylic acids is 1. The van der Waals surface area contributed by atoms with Gasteiger partial charge in [-0.2, -0.15) is 0 Å². The number of thioether (sulfide) groups is 1. The van der Waals surface area contributed by atoms with Crippen LogP contribution in [-0.4, -0.2) is 57.3 Å². The fraction of sp³-hybridized carbons (Fsp3) is 0.429. The van der Waals surface area contributed by atoms with E-state index in [1.54, 1.807) is 0 Å². The summed E-state index contributed by atoms with van der Waals surface area (Å²) in [4.78, 5) is 37.0. The van der Waals surface area contributed by atoms with Gasteiger partial charge < -0.3 is 14.9 Å². The molecule has 162 valence electrons. The molecule has 3 unspecified atom stereocenters. The molecule has 1 amide bonds. The van der Waals surface area contributed by atoms with Gasteiger partial charge in [-0.05, 0) is 31.2 Å². The van der Waals surface area contributed by atoms with Crippen LogP contribution < -0.4 is 5.09 Å². The first-order valence-corrected chi connectivity index (χ1v) is 12.8. The highest BCUT2D eigenvalue weighted by Gasteiger charge is 2.39. The molecule has 1 heterocycles. The van der Waals surface area contributed by atoms with Gasteiger partial charge in [0.1, 0.15) is 12.6 Å². The molecule has 30 heavy (non-hydrogen) atoms. The second-order valence-corrected chi connectivity index (χ2v) is 10.7. The van der Waals surface area contributed by atoms with Gasteiger partial charge >= 0.3 is 5.97 Å². The van der Waals surface area contributed by atoms with E-state index in [0.717, 1.165) is 17.7 Å². The van der Waals surface area contributed by atoms with Crippen molar-refractivity contribution in [3.8, 4) is 0 Å². The van der Waals surface area contributed by atoms with Gasteiger partial charge in [0.25, 0.3) is 7.52 Å². The monoisotopic (exact) mass is 450 g/mol. The van der Waals surface area contributed by atoms with Gasteiger partial charge in [0.15, 0.2) is 0 Å². The van der Waals surface area contributed by atoms with Crippen LogP contribution in [0.25, 0.3) is 0 Å². The summed E-state index contributed by atoms with van der Waals surface area (Å²) in [5.41, 5.74) is 1.18. The van der Waals surface area contributed by atoms with Gasteiger partial charge in [-0.25, -0.2) is 5.09 Å². The average molecular weight is 450 g/mol. The number of nitrogens with one attached hydrogen (secondary N) is 1. The Morgan fingerprint density at radius 2 is 2.03 bits per heavy atom. The maximum atomic E-state index is 13.0. The zero-order chi connectivity index (χ0) is 21.6. The lowest BCUT2D eigenvalue weighted by molar-refractivity contribution is -0.146. The Morgan fingerprint density at radius 1 is 1.27 bits per heavy atom. The third kappa shape index (κ3) is 6.32. The molecule has 1 aromatic rings. The maximum absolute atomic E-state index is 13.0. The number of nitrogens with zero attached hydrogens (tertiary/aromatic N) is 1. The number of hydrogen-bond acceptors (Lipinski definition) is 4. The van der Waals surface area contributed by atoms with Gasteiger partial charge in [-0.15, -0.1) is 11.8 Å². The molecular weight excluding hydrogens is 423 g/mol. The zero-order valence-corrected chi connectivity index (χ0v) is 18.4. The molecule has 3 rings (SSSR count). The van der Waals surface area contributed by atoms with Crippen LogP contribution in [0.15, 0.2) is 53.5 Å². The maximum Gasteiger partial charge on any atom is 0.323 e. The van der Waals surface area contributed by atoms with Crippen LogP contribution in [0.5, 0.6) is 0 Å². The minimum Gasteiger partial charge on any atom is -0.480 e. The van der Waals surface area contributed by atoms with Crippen LogP contribution in [0.1, 0.15) is 24.8 Å². The predicted octanol–water partition coefficient (Wildman–Crippen LogP) is 3.03. The first kappa shape index (κ1) is 22.8. The van der Waals surface area contributed by atoms with Crippen molar-refractivity contribution < 1.29 is 24.2 Å². The minimum atomic E-state index is -3.73. The van der Waals surface area contributed by atoms with Crippen molar-refractivity contribution in [2.75, 3.05) is 18.5 Å². The Kier molecular flexibility index (Phi) is 7.94. The number of fused-ring (bicyclic) bond motifs is 1. The molecule has 3 N–H and O–H groups in total. The Balaban J connectivity index is 1.60. The van der Waals surface area contributed by atoms with E-state index in [4.69, 9.17) is 0 Å². The Labute approximate surface area is 180 Å². The SMILES string of the molecule is O=C(O)CN1C(=O)C(NP(=O)(O)CCCCc2ccccc2)CSC2=CC=CCC21. The molecule has 0 bridgehead atoms. The fourth-order valence-electron chi connectivity index (χ4n) is 3.66. The van der Waals surface area contributed by atoms with Crippen molar-refractivity contribution in [2.45, 2.75) is 37.8 Å². The summed E-state index contributed by atoms with van der Waals surface area (Å²) in [6.45, 7) is -0.430. The molecule has 0 saturated carbocycles. The molecule has 7 nitrogen and oxygen atoms in total. The van der Waals surface area contributed by atoms with Crippen molar-refractivity contribution in [1.29, 1.82) is 0 Å². The first-order valence-electron chi connectivity index (χ1n) is 10.0. The Bertz CT molecular complexity index is 873. The van der Waals surface area contributed by atoms with E-state index in [0.29, 0.717) is 18.6 Å². The van der Waals surface area contributed by atoms with E-state index < -0.39 is 32.0 Å². The van der Waals surface area contributed by atoms with E-state index in [-0.39, 0.29) is 12.2 Å². The molecular formula is C21H27N2O5PS. The van der Waals surface area contributed by atoms with Gasteiger partial charge in [0.05, 0.1) is 6.04 Å². The number of hydrogen-bond donors (Lipinski definition) is 3. The van der Waals surface area contributed by atoms with E-state index in [1.165, 1.54) is 22.2 Å². The van der Waals surface area contributed by atoms with E-state index in [2.05, 4.69) is 5.09 Å². The number of amides is 1. The number of aliphatic carboxylic acids is 1. The normalized spacial score (nSPS) is 23.3. The number of allylic oxidation sites excluding steroid dienone is 2. The lowest BCUT2D eigenvalue weighted by Gasteiger charge is -2.31. The van der Waals surface area contributed by atoms with Gasteiger partial charge in [0, 0.05) is 16.8 Å². The molecule has 1 fully saturated rings. The lowest BCUT2D eigenvalue weighted by atomic mass is 10.1. The molecule has 1 aromatic carbocycles. The second kappa shape index (κ2) is 10.4. The van der Waals surface area contributed by atoms with Crippen LogP contribution in [0.2, 0.25) is 0 Å². The van der Waals surface area contributed by atoms with E-state index >= 15 is 0 Å². The summed E-state index contributed by atoms with van der Waals surface area (Å²) in [5.74, 6) is -1.25. The highest BCUT2D eigenvalue weighted by atomic mass is 32.2. The molecule has 1 aliphatic heterocycles. The van der Waals surface area contributed by atoms with Crippen molar-refractivity contribution in [2.24, 2.45) is 0 Å². The summed E-state index contributed by atoms with van der Waals surface area (Å²) in [6.07, 6.45) is 8.44. The van der Waals surface area contributed by atoms with Gasteiger partial charge in [-0.3, -0.25) is 14.2 Å². The third-order valence-corrected chi connectivity index (χ3v) is 8.02. The van der Waals surface area contributed by atoms with Crippen LogP contribution >= 0.6 is 19.3 Å². The number of carbonyl (C=O) groups excluding carboxylic acids is 1. The topological polar surface area (TPSA) is 107 Å². The van der Waals surface area contributed by atoms with Crippen molar-refractivity contribution in [1.82, 2.24) is 9.99 Å². The average Bonchev–Trinajstić information content (AvgIpc) is 2.84. The molecule has 1 aliphatic carbocycles. The van der Waals surface area contributed by atoms with Crippen LogP contribution in [0, 0.1) is 0 Å². The number of carboxylic acid groups (broad SMARTS) is 1. The highest BCUT2D eigenvalue weighted by molar-refractivity contribution is 8.03. The largest absolute Gasteiger partial charge is 0.480 e. The molecule has 9 heteroatoms. The summed E-state index contributed by atoms with van der Waals surface area (Å²) < 4.78 is 12.7. The Hall–Kier alpha value is -1.86. The smallest absolute Gasteiger partial charge is 0.323 e. The van der Waals surface area contributed by atoms with Gasteiger partial charge in [-0.1, -0.05) is 48.6 Å². The van der Waals surface area contributed by atoms with Crippen molar-refractivity contribution in [3.05, 3.63) is 59.0 Å². The number of aryl methyl sites for hydroxylation is 1. The molecule has 1 saturated heterocycles. The first-order chi connectivity index (χ1) is 14.4. The molecule has 0 aromatic heterocycles. The summed E-state index contributed by atoms with van der Waals surface area (Å²) >= 11 is 1.44. The van der Waals surface area contributed by atoms with Crippen molar-refractivity contribution in [3.63, 3.8) is 0 Å². The van der Waals surface area contributed by atoms with Gasteiger partial charge in [0.2, 0.25) is 5.91 Å². The number of unbranched alkanes of at least 4 members (excludes halogenated alkanes) is 1. The van der Waals surface area contributed by atoms with Crippen LogP contribution in [0.4, 0.5) is 0 Å². The minimum absolute atomic E-state index is 0.0703. The number of rotatable bonds is 9. The lowest BCUT2D eigenvalue weighted by Crippen LogP contribution is -2.51. The molecule has 2 aliphatic rings. The summed E-state index contributed by atoms with van der Waals surface area (Å²) in [5, 5.41) is 11.9. The quantitative estimate of drug-likeness (QED) is 0.392. The fourth-order valence-corrected chi connectivity index (χ4v) is 6.43. The third-order valence-electron chi connectivity index (χ3n) is 5.14. The number of carbonyl (C=O) groups is 2.